The Morgan fingerprint density at radius 3 is 2.71 bits per heavy atom. The lowest BCUT2D eigenvalue weighted by molar-refractivity contribution is 0.112. The van der Waals surface area contributed by atoms with E-state index in [2.05, 4.69) is 9.97 Å². The zero-order chi connectivity index (χ0) is 11.7. The highest BCUT2D eigenvalue weighted by molar-refractivity contribution is 5.85. The summed E-state index contributed by atoms with van der Waals surface area (Å²) in [5.41, 5.74) is 2.21. The van der Waals surface area contributed by atoms with Gasteiger partial charge in [0, 0.05) is 24.2 Å². The number of hydrogen-bond donors (Lipinski definition) is 0. The van der Waals surface area contributed by atoms with Gasteiger partial charge in [-0.3, -0.25) is 14.2 Å². The molecule has 0 spiro atoms. The summed E-state index contributed by atoms with van der Waals surface area (Å²) in [4.78, 5) is 19.3. The highest BCUT2D eigenvalue weighted by atomic mass is 16.1. The van der Waals surface area contributed by atoms with Gasteiger partial charge < -0.3 is 0 Å². The molecule has 0 radical (unpaired) electrons. The number of aldehydes is 1. The third kappa shape index (κ3) is 1.50. The molecular weight excluding hydrogens is 214 g/mol. The van der Waals surface area contributed by atoms with Crippen LogP contribution < -0.4 is 0 Å². The van der Waals surface area contributed by atoms with Gasteiger partial charge in [0.1, 0.15) is 11.5 Å². The molecule has 0 saturated carbocycles. The molecule has 0 fully saturated rings. The first-order valence-electron chi connectivity index (χ1n) is 5.23. The fourth-order valence-electron chi connectivity index (χ4n) is 1.85. The molecule has 3 aromatic rings. The Morgan fingerprint density at radius 2 is 1.94 bits per heavy atom. The van der Waals surface area contributed by atoms with Gasteiger partial charge in [-0.05, 0) is 24.3 Å². The lowest BCUT2D eigenvalue weighted by atomic mass is 10.2. The largest absolute Gasteiger partial charge is 0.299 e. The van der Waals surface area contributed by atoms with Crippen LogP contribution in [-0.4, -0.2) is 20.7 Å². The van der Waals surface area contributed by atoms with Crippen LogP contribution in [0.1, 0.15) is 10.5 Å². The predicted molar refractivity (Wildman–Crippen MR) is 63.8 cm³/mol. The number of pyridine rings is 2. The topological polar surface area (TPSA) is 47.3 Å². The van der Waals surface area contributed by atoms with Crippen LogP contribution in [0, 0.1) is 0 Å². The van der Waals surface area contributed by atoms with Gasteiger partial charge in [-0.2, -0.15) is 0 Å². The second-order valence-electron chi connectivity index (χ2n) is 3.63. The Balaban J connectivity index is 2.34. The van der Waals surface area contributed by atoms with Crippen molar-refractivity contribution in [2.24, 2.45) is 0 Å². The molecule has 0 N–H and O–H groups in total. The molecule has 3 heterocycles. The van der Waals surface area contributed by atoms with Crippen LogP contribution in [0.5, 0.6) is 0 Å². The normalized spacial score (nSPS) is 10.6. The zero-order valence-electron chi connectivity index (χ0n) is 8.95. The Bertz CT molecular complexity index is 673. The van der Waals surface area contributed by atoms with Crippen molar-refractivity contribution >= 4 is 11.8 Å². The molecule has 0 atom stereocenters. The molecule has 4 heteroatoms. The number of rotatable bonds is 2. The monoisotopic (exact) mass is 223 g/mol. The first-order valence-corrected chi connectivity index (χ1v) is 5.23. The van der Waals surface area contributed by atoms with E-state index in [0.29, 0.717) is 5.69 Å². The van der Waals surface area contributed by atoms with Crippen LogP contribution in [0.3, 0.4) is 0 Å². The summed E-state index contributed by atoms with van der Waals surface area (Å²) < 4.78 is 1.90. The summed E-state index contributed by atoms with van der Waals surface area (Å²) >= 11 is 0. The summed E-state index contributed by atoms with van der Waals surface area (Å²) in [5, 5.41) is 0. The van der Waals surface area contributed by atoms with Gasteiger partial charge in [-0.15, -0.1) is 0 Å². The van der Waals surface area contributed by atoms with E-state index in [4.69, 9.17) is 0 Å². The minimum Gasteiger partial charge on any atom is -0.299 e. The van der Waals surface area contributed by atoms with Crippen molar-refractivity contribution in [2.45, 2.75) is 0 Å². The Kier molecular flexibility index (Phi) is 2.19. The summed E-state index contributed by atoms with van der Waals surface area (Å²) in [6, 6.07) is 9.42. The predicted octanol–water partition coefficient (Wildman–Crippen LogP) is 2.21. The molecule has 82 valence electrons. The fraction of sp³-hybridized carbons (Fsp3) is 0. The molecule has 0 unspecified atom stereocenters. The van der Waals surface area contributed by atoms with E-state index in [-0.39, 0.29) is 0 Å². The van der Waals surface area contributed by atoms with E-state index in [1.54, 1.807) is 12.4 Å². The number of nitrogens with zero attached hydrogens (tertiary/aromatic N) is 3. The lowest BCUT2D eigenvalue weighted by Gasteiger charge is -1.99. The van der Waals surface area contributed by atoms with Crippen molar-refractivity contribution in [2.75, 3.05) is 0 Å². The third-order valence-electron chi connectivity index (χ3n) is 2.63. The van der Waals surface area contributed by atoms with Crippen molar-refractivity contribution < 1.29 is 4.79 Å². The first-order chi connectivity index (χ1) is 8.40. The van der Waals surface area contributed by atoms with Gasteiger partial charge in [0.2, 0.25) is 0 Å². The fourth-order valence-corrected chi connectivity index (χ4v) is 1.85. The van der Waals surface area contributed by atoms with Crippen molar-refractivity contribution in [3.63, 3.8) is 0 Å². The summed E-state index contributed by atoms with van der Waals surface area (Å²) in [6.07, 6.45) is 6.09. The quantitative estimate of drug-likeness (QED) is 0.626. The average Bonchev–Trinajstić information content (AvgIpc) is 2.78. The van der Waals surface area contributed by atoms with E-state index >= 15 is 0 Å². The lowest BCUT2D eigenvalue weighted by Crippen LogP contribution is -1.88. The van der Waals surface area contributed by atoms with Crippen LogP contribution in [0.2, 0.25) is 0 Å². The standard InChI is InChI=1S/C13H9N3O/c17-9-11-12-3-1-2-8-16(12)13(15-11)10-4-6-14-7-5-10/h1-9H. The Labute approximate surface area is 97.6 Å². The smallest absolute Gasteiger partial charge is 0.170 e. The maximum absolute atomic E-state index is 11.0. The number of fused-ring (bicyclic) bond motifs is 1. The third-order valence-corrected chi connectivity index (χ3v) is 2.63. The second kappa shape index (κ2) is 3.83. The minimum atomic E-state index is 0.456. The van der Waals surface area contributed by atoms with E-state index < -0.39 is 0 Å². The van der Waals surface area contributed by atoms with E-state index in [1.807, 2.05) is 40.9 Å². The van der Waals surface area contributed by atoms with Crippen LogP contribution in [0.4, 0.5) is 0 Å². The van der Waals surface area contributed by atoms with Crippen molar-refractivity contribution in [1.82, 2.24) is 14.4 Å². The van der Waals surface area contributed by atoms with Gasteiger partial charge in [0.15, 0.2) is 6.29 Å². The van der Waals surface area contributed by atoms with E-state index in [9.17, 15) is 4.79 Å². The molecule has 4 nitrogen and oxygen atoms in total. The van der Waals surface area contributed by atoms with Gasteiger partial charge in [0.05, 0.1) is 5.52 Å². The number of hydrogen-bond acceptors (Lipinski definition) is 3. The molecule has 0 amide bonds. The van der Waals surface area contributed by atoms with Crippen molar-refractivity contribution in [3.8, 4) is 11.4 Å². The average molecular weight is 223 g/mol. The van der Waals surface area contributed by atoms with Gasteiger partial charge >= 0.3 is 0 Å². The Morgan fingerprint density at radius 1 is 1.12 bits per heavy atom. The molecule has 0 aliphatic rings. The molecular formula is C13H9N3O. The van der Waals surface area contributed by atoms with Crippen LogP contribution in [0.15, 0.2) is 48.9 Å². The van der Waals surface area contributed by atoms with Crippen LogP contribution >= 0.6 is 0 Å². The summed E-state index contributed by atoms with van der Waals surface area (Å²) in [5.74, 6) is 0.755. The molecule has 0 aliphatic heterocycles. The van der Waals surface area contributed by atoms with Crippen LogP contribution in [-0.2, 0) is 0 Å². The molecule has 0 aliphatic carbocycles. The number of carbonyl (C=O) groups is 1. The molecule has 17 heavy (non-hydrogen) atoms. The van der Waals surface area contributed by atoms with Crippen LogP contribution in [0.25, 0.3) is 16.9 Å². The van der Waals surface area contributed by atoms with Crippen molar-refractivity contribution in [1.29, 1.82) is 0 Å². The minimum absolute atomic E-state index is 0.456. The van der Waals surface area contributed by atoms with Crippen molar-refractivity contribution in [3.05, 3.63) is 54.6 Å². The highest BCUT2D eigenvalue weighted by Crippen LogP contribution is 2.20. The molecule has 3 aromatic heterocycles. The number of carbonyl (C=O) groups excluding carboxylic acids is 1. The Hall–Kier alpha value is -2.49. The number of imidazole rings is 1. The van der Waals surface area contributed by atoms with Gasteiger partial charge in [-0.1, -0.05) is 6.07 Å². The first kappa shape index (κ1) is 9.72. The summed E-state index contributed by atoms with van der Waals surface area (Å²) in [6.45, 7) is 0. The maximum atomic E-state index is 11.0. The molecule has 0 aromatic carbocycles. The zero-order valence-corrected chi connectivity index (χ0v) is 8.95. The molecule has 0 saturated heterocycles. The maximum Gasteiger partial charge on any atom is 0.170 e. The SMILES string of the molecule is O=Cc1nc(-c2ccncc2)n2ccccc12. The second-order valence-corrected chi connectivity index (χ2v) is 3.63. The highest BCUT2D eigenvalue weighted by Gasteiger charge is 2.10. The van der Waals surface area contributed by atoms with E-state index in [1.165, 1.54) is 0 Å². The van der Waals surface area contributed by atoms with Gasteiger partial charge in [0.25, 0.3) is 0 Å². The molecule has 3 rings (SSSR count). The van der Waals surface area contributed by atoms with Gasteiger partial charge in [-0.25, -0.2) is 4.98 Å². The number of aromatic nitrogens is 3. The summed E-state index contributed by atoms with van der Waals surface area (Å²) in [7, 11) is 0. The van der Waals surface area contributed by atoms with E-state index in [0.717, 1.165) is 23.2 Å². The molecule has 0 bridgehead atoms.